The molecule has 0 spiro atoms. The van der Waals surface area contributed by atoms with Crippen LogP contribution in [0, 0.1) is 5.92 Å². The fraction of sp³-hybridized carbons (Fsp3) is 0.647. The van der Waals surface area contributed by atoms with Crippen molar-refractivity contribution in [2.45, 2.75) is 50.3 Å². The van der Waals surface area contributed by atoms with Gasteiger partial charge in [-0.05, 0) is 36.5 Å². The van der Waals surface area contributed by atoms with E-state index in [4.69, 9.17) is 21.1 Å². The van der Waals surface area contributed by atoms with Gasteiger partial charge in [-0.25, -0.2) is 0 Å². The molecule has 0 aromatic heterocycles. The summed E-state index contributed by atoms with van der Waals surface area (Å²) in [7, 11) is 3.32. The summed E-state index contributed by atoms with van der Waals surface area (Å²) < 4.78 is 10.7. The van der Waals surface area contributed by atoms with Crippen LogP contribution in [0.2, 0.25) is 0 Å². The average Bonchev–Trinajstić information content (AvgIpc) is 2.45. The summed E-state index contributed by atoms with van der Waals surface area (Å²) in [6, 6.07) is 6.04. The van der Waals surface area contributed by atoms with Crippen LogP contribution >= 0.6 is 11.6 Å². The summed E-state index contributed by atoms with van der Waals surface area (Å²) in [6.45, 7) is 0. The number of alkyl halides is 1. The van der Waals surface area contributed by atoms with Crippen LogP contribution in [0.3, 0.4) is 0 Å². The van der Waals surface area contributed by atoms with Gasteiger partial charge in [-0.3, -0.25) is 0 Å². The molecule has 0 amide bonds. The van der Waals surface area contributed by atoms with Gasteiger partial charge in [0, 0.05) is 0 Å². The van der Waals surface area contributed by atoms with Crippen molar-refractivity contribution in [1.82, 2.24) is 0 Å². The lowest BCUT2D eigenvalue weighted by atomic mass is 9.86. The second-order valence-corrected chi connectivity index (χ2v) is 6.09. The topological polar surface area (TPSA) is 18.5 Å². The largest absolute Gasteiger partial charge is 0.493 e. The molecule has 0 saturated heterocycles. The number of hydrogen-bond acceptors (Lipinski definition) is 2. The fourth-order valence-electron chi connectivity index (χ4n) is 3.08. The zero-order chi connectivity index (χ0) is 14.4. The van der Waals surface area contributed by atoms with E-state index in [1.807, 2.05) is 12.1 Å². The number of benzene rings is 1. The summed E-state index contributed by atoms with van der Waals surface area (Å²) in [5.74, 6) is 2.11. The molecule has 0 N–H and O–H groups in total. The molecule has 2 nitrogen and oxygen atoms in total. The van der Waals surface area contributed by atoms with E-state index in [0.29, 0.717) is 5.92 Å². The Labute approximate surface area is 127 Å². The molecular formula is C17H25ClO2. The fourth-order valence-corrected chi connectivity index (χ4v) is 3.46. The molecule has 0 radical (unpaired) electrons. The Kier molecular flexibility index (Phi) is 6.03. The Bertz CT molecular complexity index is 411. The molecule has 1 aliphatic carbocycles. The Hall–Kier alpha value is -0.890. The second-order valence-electron chi connectivity index (χ2n) is 5.62. The maximum Gasteiger partial charge on any atom is 0.161 e. The quantitative estimate of drug-likeness (QED) is 0.698. The molecule has 3 heteroatoms. The molecule has 0 heterocycles. The first-order chi connectivity index (χ1) is 9.76. The van der Waals surface area contributed by atoms with Crippen LogP contribution in [0.5, 0.6) is 11.5 Å². The molecule has 2 rings (SSSR count). The highest BCUT2D eigenvalue weighted by molar-refractivity contribution is 6.21. The van der Waals surface area contributed by atoms with Gasteiger partial charge >= 0.3 is 0 Å². The summed E-state index contributed by atoms with van der Waals surface area (Å²) in [6.07, 6.45) is 9.18. The number of hydrogen-bond donors (Lipinski definition) is 0. The standard InChI is InChI=1S/C17H25ClO2/c1-19-15-11-10-14(12-16(15)20-2)17(18)13-8-6-4-3-5-7-9-13/h10-13,17H,3-9H2,1-2H3. The summed E-state index contributed by atoms with van der Waals surface area (Å²) in [4.78, 5) is 0. The Morgan fingerprint density at radius 1 is 0.950 bits per heavy atom. The van der Waals surface area contributed by atoms with Crippen molar-refractivity contribution < 1.29 is 9.47 Å². The van der Waals surface area contributed by atoms with E-state index in [2.05, 4.69) is 6.07 Å². The first-order valence-corrected chi connectivity index (χ1v) is 8.06. The number of ether oxygens (including phenoxy) is 2. The predicted octanol–water partition coefficient (Wildman–Crippen LogP) is 5.34. The highest BCUT2D eigenvalue weighted by atomic mass is 35.5. The van der Waals surface area contributed by atoms with Crippen LogP contribution in [-0.2, 0) is 0 Å². The van der Waals surface area contributed by atoms with Crippen molar-refractivity contribution >= 4 is 11.6 Å². The molecule has 1 atom stereocenters. The minimum atomic E-state index is 0.0768. The van der Waals surface area contributed by atoms with Crippen molar-refractivity contribution in [3.63, 3.8) is 0 Å². The zero-order valence-electron chi connectivity index (χ0n) is 12.5. The Morgan fingerprint density at radius 3 is 2.15 bits per heavy atom. The van der Waals surface area contributed by atoms with Crippen molar-refractivity contribution in [2.24, 2.45) is 5.92 Å². The van der Waals surface area contributed by atoms with Crippen molar-refractivity contribution in [2.75, 3.05) is 14.2 Å². The summed E-state index contributed by atoms with van der Waals surface area (Å²) in [5, 5.41) is 0.0768. The average molecular weight is 297 g/mol. The first-order valence-electron chi connectivity index (χ1n) is 7.62. The van der Waals surface area contributed by atoms with Crippen LogP contribution in [0.25, 0.3) is 0 Å². The van der Waals surface area contributed by atoms with Crippen LogP contribution in [0.15, 0.2) is 18.2 Å². The van der Waals surface area contributed by atoms with Crippen molar-refractivity contribution in [1.29, 1.82) is 0 Å². The van der Waals surface area contributed by atoms with Gasteiger partial charge < -0.3 is 9.47 Å². The van der Waals surface area contributed by atoms with Gasteiger partial charge in [0.25, 0.3) is 0 Å². The number of methoxy groups -OCH3 is 2. The molecule has 20 heavy (non-hydrogen) atoms. The monoisotopic (exact) mass is 296 g/mol. The van der Waals surface area contributed by atoms with Gasteiger partial charge in [0.1, 0.15) is 0 Å². The van der Waals surface area contributed by atoms with Gasteiger partial charge in [-0.1, -0.05) is 38.2 Å². The molecule has 1 saturated carbocycles. The van der Waals surface area contributed by atoms with Crippen molar-refractivity contribution in [3.05, 3.63) is 23.8 Å². The molecule has 1 aliphatic rings. The maximum absolute atomic E-state index is 6.74. The van der Waals surface area contributed by atoms with Gasteiger partial charge in [0.2, 0.25) is 0 Å². The first kappa shape index (κ1) is 15.5. The summed E-state index contributed by atoms with van der Waals surface area (Å²) in [5.41, 5.74) is 1.15. The Morgan fingerprint density at radius 2 is 1.55 bits per heavy atom. The smallest absolute Gasteiger partial charge is 0.161 e. The molecule has 0 bridgehead atoms. The third-order valence-corrected chi connectivity index (χ3v) is 4.90. The van der Waals surface area contributed by atoms with Crippen LogP contribution in [0.1, 0.15) is 55.9 Å². The maximum atomic E-state index is 6.74. The molecule has 1 fully saturated rings. The SMILES string of the molecule is COc1ccc(C(Cl)C2CCCCCCC2)cc1OC. The van der Waals surface area contributed by atoms with E-state index in [9.17, 15) is 0 Å². The third kappa shape index (κ3) is 3.82. The van der Waals surface area contributed by atoms with E-state index < -0.39 is 0 Å². The van der Waals surface area contributed by atoms with Crippen LogP contribution < -0.4 is 9.47 Å². The van der Waals surface area contributed by atoms with E-state index in [1.165, 1.54) is 44.9 Å². The second kappa shape index (κ2) is 7.78. The van der Waals surface area contributed by atoms with E-state index in [0.717, 1.165) is 17.1 Å². The lowest BCUT2D eigenvalue weighted by Crippen LogP contribution is -2.10. The molecule has 112 valence electrons. The molecular weight excluding hydrogens is 272 g/mol. The lowest BCUT2D eigenvalue weighted by molar-refractivity contribution is 0.351. The minimum Gasteiger partial charge on any atom is -0.493 e. The molecule has 1 unspecified atom stereocenters. The van der Waals surface area contributed by atoms with Crippen molar-refractivity contribution in [3.8, 4) is 11.5 Å². The highest BCUT2D eigenvalue weighted by Crippen LogP contribution is 2.40. The van der Waals surface area contributed by atoms with Gasteiger partial charge in [-0.15, -0.1) is 11.6 Å². The van der Waals surface area contributed by atoms with E-state index in [1.54, 1.807) is 14.2 Å². The molecule has 1 aromatic rings. The van der Waals surface area contributed by atoms with Crippen LogP contribution in [-0.4, -0.2) is 14.2 Å². The molecule has 0 aliphatic heterocycles. The van der Waals surface area contributed by atoms with Crippen LogP contribution in [0.4, 0.5) is 0 Å². The van der Waals surface area contributed by atoms with E-state index >= 15 is 0 Å². The lowest BCUT2D eigenvalue weighted by Gasteiger charge is -2.25. The van der Waals surface area contributed by atoms with E-state index in [-0.39, 0.29) is 5.38 Å². The molecule has 1 aromatic carbocycles. The van der Waals surface area contributed by atoms with Gasteiger partial charge in [0.15, 0.2) is 11.5 Å². The zero-order valence-corrected chi connectivity index (χ0v) is 13.3. The Balaban J connectivity index is 2.12. The minimum absolute atomic E-state index is 0.0768. The normalized spacial score (nSPS) is 18.9. The number of halogens is 1. The predicted molar refractivity (Wildman–Crippen MR) is 83.9 cm³/mol. The van der Waals surface area contributed by atoms with Gasteiger partial charge in [-0.2, -0.15) is 0 Å². The number of rotatable bonds is 4. The third-order valence-electron chi connectivity index (χ3n) is 4.29. The highest BCUT2D eigenvalue weighted by Gasteiger charge is 2.22. The summed E-state index contributed by atoms with van der Waals surface area (Å²) >= 11 is 6.74. The van der Waals surface area contributed by atoms with Gasteiger partial charge in [0.05, 0.1) is 19.6 Å².